The fourth-order valence-corrected chi connectivity index (χ4v) is 4.86. The van der Waals surface area contributed by atoms with Crippen molar-refractivity contribution in [1.82, 2.24) is 31.5 Å². The van der Waals surface area contributed by atoms with Crippen LogP contribution in [0.4, 0.5) is 0 Å². The van der Waals surface area contributed by atoms with Crippen LogP contribution in [0.1, 0.15) is 92.4 Å². The number of carbonyl (C=O) groups is 7. The number of unbranched alkanes of at least 4 members (excludes halogenated alkanes) is 1. The van der Waals surface area contributed by atoms with Gasteiger partial charge in [0.1, 0.15) is 23.2 Å². The molecule has 0 radical (unpaired) electrons. The quantitative estimate of drug-likeness (QED) is 0.0548. The Morgan fingerprint density at radius 2 is 1.58 bits per heavy atom. The highest BCUT2D eigenvalue weighted by molar-refractivity contribution is 6.01. The van der Waals surface area contributed by atoms with Gasteiger partial charge in [-0.05, 0) is 57.8 Å². The van der Waals surface area contributed by atoms with Crippen LogP contribution in [-0.2, 0) is 33.6 Å². The van der Waals surface area contributed by atoms with Gasteiger partial charge >= 0.3 is 0 Å². The van der Waals surface area contributed by atoms with Gasteiger partial charge in [0.15, 0.2) is 0 Å². The van der Waals surface area contributed by atoms with E-state index in [1.165, 1.54) is 20.0 Å². The summed E-state index contributed by atoms with van der Waals surface area (Å²) in [4.78, 5) is 89.0. The van der Waals surface area contributed by atoms with E-state index in [0.717, 1.165) is 30.6 Å². The maximum absolute atomic E-state index is 13.4. The van der Waals surface area contributed by atoms with Gasteiger partial charge in [0, 0.05) is 19.5 Å². The first kappa shape index (κ1) is 41.6. The molecule has 14 nitrogen and oxygen atoms in total. The van der Waals surface area contributed by atoms with E-state index >= 15 is 0 Å². The van der Waals surface area contributed by atoms with Gasteiger partial charge in [-0.1, -0.05) is 52.5 Å². The summed E-state index contributed by atoms with van der Waals surface area (Å²) in [6.45, 7) is 8.91. The standard InChI is InChI=1S/C34H55N7O7/c1-8-13-24(16-15-22(4)5)29(44)36-19-12-11-14-26(31(46)38-21-28(43)37-20-27(35)42)41(7)32(47)23(6)39-30(45)25(9-2)40-33(48)34(10-3)17-18-34/h3,14,22-25H,8-9,11-13,15-21H2,1-2,4-7H3,(H2,35,42)(H,36,44)(H,37,43)(H,38,46)(H,39,45)(H,40,48)/b26-14+/t23-,24?,25?/m0/s1. The number of hydrogen-bond donors (Lipinski definition) is 6. The molecule has 0 spiro atoms. The second-order valence-electron chi connectivity index (χ2n) is 12.7. The normalized spacial score (nSPS) is 15.2. The summed E-state index contributed by atoms with van der Waals surface area (Å²) in [5, 5.41) is 12.9. The molecule has 0 heterocycles. The Morgan fingerprint density at radius 3 is 2.12 bits per heavy atom. The SMILES string of the molecule is C#CC1(C(=O)NC(CC)C(=O)N[C@@H](C)C(=O)N(C)/C(=C/CCCNC(=O)C(CCC)CCC(C)C)C(=O)NCC(=O)NCC(N)=O)CC1. The van der Waals surface area contributed by atoms with Crippen LogP contribution in [0.2, 0.25) is 0 Å². The molecule has 0 aromatic heterocycles. The topological polar surface area (TPSA) is 209 Å². The first-order chi connectivity index (χ1) is 22.6. The number of nitrogens with zero attached hydrogens (tertiary/aromatic N) is 1. The van der Waals surface area contributed by atoms with Crippen LogP contribution in [-0.4, -0.2) is 85.0 Å². The highest BCUT2D eigenvalue weighted by atomic mass is 16.2. The lowest BCUT2D eigenvalue weighted by molar-refractivity contribution is -0.136. The summed E-state index contributed by atoms with van der Waals surface area (Å²) >= 11 is 0. The minimum Gasteiger partial charge on any atom is -0.368 e. The van der Waals surface area contributed by atoms with Crippen LogP contribution in [0.5, 0.6) is 0 Å². The number of primary amides is 1. The molecular weight excluding hydrogens is 618 g/mol. The van der Waals surface area contributed by atoms with Crippen molar-refractivity contribution in [1.29, 1.82) is 0 Å². The molecule has 14 heteroatoms. The number of hydrogen-bond acceptors (Lipinski definition) is 7. The van der Waals surface area contributed by atoms with Gasteiger partial charge < -0.3 is 37.2 Å². The van der Waals surface area contributed by atoms with E-state index in [-0.39, 0.29) is 23.9 Å². The maximum Gasteiger partial charge on any atom is 0.268 e. The molecule has 2 unspecified atom stereocenters. The van der Waals surface area contributed by atoms with E-state index in [1.807, 2.05) is 6.92 Å². The first-order valence-electron chi connectivity index (χ1n) is 16.8. The highest BCUT2D eigenvalue weighted by Gasteiger charge is 2.49. The Kier molecular flexibility index (Phi) is 18.0. The third kappa shape index (κ3) is 14.1. The van der Waals surface area contributed by atoms with Crippen molar-refractivity contribution in [2.75, 3.05) is 26.7 Å². The van der Waals surface area contributed by atoms with Crippen molar-refractivity contribution >= 4 is 41.4 Å². The van der Waals surface area contributed by atoms with Gasteiger partial charge in [0.05, 0.1) is 13.1 Å². The van der Waals surface area contributed by atoms with E-state index in [1.54, 1.807) is 6.92 Å². The molecule has 1 saturated carbocycles. The number of nitrogens with one attached hydrogen (secondary N) is 5. The van der Waals surface area contributed by atoms with Gasteiger partial charge in [0.2, 0.25) is 35.4 Å². The van der Waals surface area contributed by atoms with Crippen molar-refractivity contribution in [2.45, 2.75) is 104 Å². The van der Waals surface area contributed by atoms with Gasteiger partial charge in [-0.25, -0.2) is 0 Å². The predicted molar refractivity (Wildman–Crippen MR) is 181 cm³/mol. The molecule has 0 bridgehead atoms. The van der Waals surface area contributed by atoms with E-state index in [9.17, 15) is 33.6 Å². The lowest BCUT2D eigenvalue weighted by Gasteiger charge is -2.26. The molecule has 1 aliphatic rings. The fourth-order valence-electron chi connectivity index (χ4n) is 4.86. The summed E-state index contributed by atoms with van der Waals surface area (Å²) < 4.78 is 0. The zero-order valence-corrected chi connectivity index (χ0v) is 29.3. The van der Waals surface area contributed by atoms with E-state index in [0.29, 0.717) is 38.1 Å². The average Bonchev–Trinajstić information content (AvgIpc) is 3.85. The number of carbonyl (C=O) groups excluding carboxylic acids is 7. The molecule has 7 N–H and O–H groups in total. The number of nitrogens with two attached hydrogens (primary N) is 1. The molecule has 0 saturated heterocycles. The van der Waals surface area contributed by atoms with Gasteiger partial charge in [-0.2, -0.15) is 0 Å². The minimum absolute atomic E-state index is 0.00792. The van der Waals surface area contributed by atoms with Gasteiger partial charge in [-0.3, -0.25) is 33.6 Å². The highest BCUT2D eigenvalue weighted by Crippen LogP contribution is 2.45. The summed E-state index contributed by atoms with van der Waals surface area (Å²) in [5.74, 6) is -0.879. The molecule has 1 fully saturated rings. The molecule has 268 valence electrons. The largest absolute Gasteiger partial charge is 0.368 e. The molecular formula is C34H55N7O7. The van der Waals surface area contributed by atoms with Crippen molar-refractivity contribution in [2.24, 2.45) is 23.0 Å². The van der Waals surface area contributed by atoms with E-state index < -0.39 is 66.0 Å². The summed E-state index contributed by atoms with van der Waals surface area (Å²) in [5.41, 5.74) is 4.06. The minimum atomic E-state index is -1.09. The molecule has 1 rings (SSSR count). The summed E-state index contributed by atoms with van der Waals surface area (Å²) in [7, 11) is 1.36. The first-order valence-corrected chi connectivity index (χ1v) is 16.8. The van der Waals surface area contributed by atoms with Crippen LogP contribution in [0.15, 0.2) is 11.8 Å². The second kappa shape index (κ2) is 20.7. The van der Waals surface area contributed by atoms with E-state index in [4.69, 9.17) is 12.2 Å². The molecule has 0 aromatic carbocycles. The smallest absolute Gasteiger partial charge is 0.268 e. The number of terminal acetylenes is 1. The molecule has 7 amide bonds. The molecule has 48 heavy (non-hydrogen) atoms. The number of likely N-dealkylation sites (N-methyl/N-ethyl adjacent to an activating group) is 1. The van der Waals surface area contributed by atoms with Gasteiger partial charge in [0.25, 0.3) is 5.91 Å². The number of allylic oxidation sites excluding steroid dienone is 1. The Morgan fingerprint density at radius 1 is 0.917 bits per heavy atom. The Hall–Kier alpha value is -4.41. The lowest BCUT2D eigenvalue weighted by Crippen LogP contribution is -2.54. The maximum atomic E-state index is 13.4. The Labute approximate surface area is 284 Å². The van der Waals surface area contributed by atoms with Crippen molar-refractivity contribution in [3.8, 4) is 12.3 Å². The lowest BCUT2D eigenvalue weighted by atomic mass is 9.93. The van der Waals surface area contributed by atoms with Crippen LogP contribution in [0.3, 0.4) is 0 Å². The molecule has 0 aromatic rings. The summed E-state index contributed by atoms with van der Waals surface area (Å²) in [6, 6.07) is -2.01. The van der Waals surface area contributed by atoms with Crippen molar-refractivity contribution < 1.29 is 33.6 Å². The number of amides is 7. The monoisotopic (exact) mass is 673 g/mol. The average molecular weight is 674 g/mol. The predicted octanol–water partition coefficient (Wildman–Crippen LogP) is 0.608. The van der Waals surface area contributed by atoms with Crippen LogP contribution >= 0.6 is 0 Å². The second-order valence-corrected chi connectivity index (χ2v) is 12.7. The number of rotatable bonds is 22. The zero-order valence-electron chi connectivity index (χ0n) is 29.3. The Balaban J connectivity index is 2.95. The van der Waals surface area contributed by atoms with Crippen LogP contribution in [0.25, 0.3) is 0 Å². The van der Waals surface area contributed by atoms with Crippen molar-refractivity contribution in [3.05, 3.63) is 11.8 Å². The summed E-state index contributed by atoms with van der Waals surface area (Å²) in [6.07, 6.45) is 12.6. The van der Waals surface area contributed by atoms with Crippen LogP contribution < -0.4 is 32.3 Å². The molecule has 1 aliphatic carbocycles. The molecule has 3 atom stereocenters. The third-order valence-corrected chi connectivity index (χ3v) is 8.13. The molecule has 0 aliphatic heterocycles. The third-order valence-electron chi connectivity index (χ3n) is 8.13. The van der Waals surface area contributed by atoms with Crippen LogP contribution in [0, 0.1) is 29.6 Å². The Bertz CT molecular complexity index is 1240. The fraction of sp³-hybridized carbons (Fsp3) is 0.676. The van der Waals surface area contributed by atoms with Crippen molar-refractivity contribution in [3.63, 3.8) is 0 Å². The van der Waals surface area contributed by atoms with E-state index in [2.05, 4.69) is 46.4 Å². The van der Waals surface area contributed by atoms with Gasteiger partial charge in [-0.15, -0.1) is 6.42 Å². The zero-order chi connectivity index (χ0) is 36.4.